The second kappa shape index (κ2) is 5.02. The lowest BCUT2D eigenvalue weighted by molar-refractivity contribution is 0.391. The molecule has 1 N–H and O–H groups in total. The lowest BCUT2D eigenvalue weighted by atomic mass is 10.2. The Bertz CT molecular complexity index is 482. The van der Waals surface area contributed by atoms with E-state index in [1.54, 1.807) is 0 Å². The standard InChI is InChI=1S/C13H18N2OS/c1-8-5-6-13(17-8)10(3)14-7-12-9(2)15-16-11(12)4/h5-6,10,14H,7H2,1-4H3. The Morgan fingerprint density at radius 3 is 2.65 bits per heavy atom. The van der Waals surface area contributed by atoms with Crippen molar-refractivity contribution in [3.8, 4) is 0 Å². The van der Waals surface area contributed by atoms with Crippen molar-refractivity contribution in [3.63, 3.8) is 0 Å². The van der Waals surface area contributed by atoms with Gasteiger partial charge in [0.05, 0.1) is 5.69 Å². The van der Waals surface area contributed by atoms with E-state index in [2.05, 4.69) is 36.5 Å². The number of aryl methyl sites for hydroxylation is 3. The van der Waals surface area contributed by atoms with Crippen molar-refractivity contribution in [1.29, 1.82) is 0 Å². The molecule has 2 heterocycles. The van der Waals surface area contributed by atoms with Crippen LogP contribution in [0.4, 0.5) is 0 Å². The highest BCUT2D eigenvalue weighted by molar-refractivity contribution is 7.12. The fourth-order valence-electron chi connectivity index (χ4n) is 1.80. The summed E-state index contributed by atoms with van der Waals surface area (Å²) >= 11 is 1.84. The molecule has 4 heteroatoms. The maximum absolute atomic E-state index is 5.15. The molecule has 0 fully saturated rings. The van der Waals surface area contributed by atoms with Gasteiger partial charge in [0, 0.05) is 27.9 Å². The van der Waals surface area contributed by atoms with Crippen LogP contribution in [0.15, 0.2) is 16.7 Å². The zero-order chi connectivity index (χ0) is 12.4. The molecule has 0 radical (unpaired) electrons. The number of rotatable bonds is 4. The molecule has 0 aromatic carbocycles. The van der Waals surface area contributed by atoms with Crippen LogP contribution >= 0.6 is 11.3 Å². The van der Waals surface area contributed by atoms with E-state index in [9.17, 15) is 0 Å². The Hall–Kier alpha value is -1.13. The Morgan fingerprint density at radius 1 is 1.35 bits per heavy atom. The minimum absolute atomic E-state index is 0.363. The smallest absolute Gasteiger partial charge is 0.138 e. The molecule has 0 amide bonds. The molecule has 1 unspecified atom stereocenters. The minimum Gasteiger partial charge on any atom is -0.361 e. The summed E-state index contributed by atoms with van der Waals surface area (Å²) in [4.78, 5) is 2.72. The summed E-state index contributed by atoms with van der Waals surface area (Å²) in [6, 6.07) is 4.71. The van der Waals surface area contributed by atoms with Crippen molar-refractivity contribution in [3.05, 3.63) is 38.9 Å². The van der Waals surface area contributed by atoms with Crippen molar-refractivity contribution < 1.29 is 4.52 Å². The van der Waals surface area contributed by atoms with E-state index in [4.69, 9.17) is 4.52 Å². The van der Waals surface area contributed by atoms with Gasteiger partial charge in [-0.15, -0.1) is 11.3 Å². The van der Waals surface area contributed by atoms with Gasteiger partial charge in [-0.2, -0.15) is 0 Å². The van der Waals surface area contributed by atoms with E-state index in [0.29, 0.717) is 6.04 Å². The topological polar surface area (TPSA) is 38.1 Å². The SMILES string of the molecule is Cc1ccc(C(C)NCc2c(C)noc2C)s1. The zero-order valence-electron chi connectivity index (χ0n) is 10.7. The van der Waals surface area contributed by atoms with Crippen molar-refractivity contribution in [2.24, 2.45) is 0 Å². The Balaban J connectivity index is 1.99. The van der Waals surface area contributed by atoms with Crippen LogP contribution < -0.4 is 5.32 Å². The average molecular weight is 250 g/mol. The third kappa shape index (κ3) is 2.76. The second-order valence-corrected chi connectivity index (χ2v) is 5.67. The summed E-state index contributed by atoms with van der Waals surface area (Å²) < 4.78 is 5.15. The zero-order valence-corrected chi connectivity index (χ0v) is 11.5. The van der Waals surface area contributed by atoms with E-state index in [-0.39, 0.29) is 0 Å². The molecule has 1 atom stereocenters. The van der Waals surface area contributed by atoms with Gasteiger partial charge >= 0.3 is 0 Å². The molecular weight excluding hydrogens is 232 g/mol. The van der Waals surface area contributed by atoms with Crippen LogP contribution in [0.1, 0.15) is 39.7 Å². The van der Waals surface area contributed by atoms with Gasteiger partial charge in [-0.3, -0.25) is 0 Å². The Labute approximate surface area is 106 Å². The minimum atomic E-state index is 0.363. The number of nitrogens with zero attached hydrogens (tertiary/aromatic N) is 1. The summed E-state index contributed by atoms with van der Waals surface area (Å²) in [5, 5.41) is 7.47. The predicted octanol–water partition coefficient (Wildman–Crippen LogP) is 3.51. The van der Waals surface area contributed by atoms with Gasteiger partial charge in [-0.1, -0.05) is 5.16 Å². The molecule has 2 rings (SSSR count). The van der Waals surface area contributed by atoms with Crippen LogP contribution in [-0.4, -0.2) is 5.16 Å². The van der Waals surface area contributed by atoms with Crippen molar-refractivity contribution in [1.82, 2.24) is 10.5 Å². The highest BCUT2D eigenvalue weighted by Gasteiger charge is 2.11. The summed E-state index contributed by atoms with van der Waals surface area (Å²) in [7, 11) is 0. The first-order valence-electron chi connectivity index (χ1n) is 5.79. The van der Waals surface area contributed by atoms with Crippen LogP contribution in [-0.2, 0) is 6.54 Å². The van der Waals surface area contributed by atoms with E-state index in [1.165, 1.54) is 15.3 Å². The lowest BCUT2D eigenvalue weighted by Gasteiger charge is -2.11. The van der Waals surface area contributed by atoms with Gasteiger partial charge in [-0.25, -0.2) is 0 Å². The molecular formula is C13H18N2OS. The highest BCUT2D eigenvalue weighted by atomic mass is 32.1. The molecule has 0 saturated heterocycles. The van der Waals surface area contributed by atoms with Gasteiger partial charge < -0.3 is 9.84 Å². The quantitative estimate of drug-likeness (QED) is 0.902. The Kier molecular flexibility index (Phi) is 3.64. The first-order valence-corrected chi connectivity index (χ1v) is 6.61. The fraction of sp³-hybridized carbons (Fsp3) is 0.462. The lowest BCUT2D eigenvalue weighted by Crippen LogP contribution is -2.17. The number of aromatic nitrogens is 1. The first kappa shape index (κ1) is 12.3. The molecule has 0 aliphatic carbocycles. The monoisotopic (exact) mass is 250 g/mol. The summed E-state index contributed by atoms with van der Waals surface area (Å²) in [6.07, 6.45) is 0. The van der Waals surface area contributed by atoms with Crippen molar-refractivity contribution in [2.75, 3.05) is 0 Å². The maximum atomic E-state index is 5.15. The van der Waals surface area contributed by atoms with Crippen LogP contribution in [0.25, 0.3) is 0 Å². The largest absolute Gasteiger partial charge is 0.361 e. The molecule has 0 aliphatic rings. The Morgan fingerprint density at radius 2 is 2.12 bits per heavy atom. The van der Waals surface area contributed by atoms with Crippen LogP contribution in [0.2, 0.25) is 0 Å². The van der Waals surface area contributed by atoms with Gasteiger partial charge in [0.15, 0.2) is 0 Å². The van der Waals surface area contributed by atoms with Gasteiger partial charge in [0.2, 0.25) is 0 Å². The normalized spacial score (nSPS) is 12.9. The summed E-state index contributed by atoms with van der Waals surface area (Å²) in [5.41, 5.74) is 2.15. The maximum Gasteiger partial charge on any atom is 0.138 e. The van der Waals surface area contributed by atoms with Crippen LogP contribution in [0, 0.1) is 20.8 Å². The number of thiophene rings is 1. The fourth-order valence-corrected chi connectivity index (χ4v) is 2.70. The van der Waals surface area contributed by atoms with E-state index in [0.717, 1.165) is 18.0 Å². The van der Waals surface area contributed by atoms with Crippen molar-refractivity contribution in [2.45, 2.75) is 40.3 Å². The molecule has 2 aromatic rings. The number of hydrogen-bond donors (Lipinski definition) is 1. The second-order valence-electron chi connectivity index (χ2n) is 4.35. The van der Waals surface area contributed by atoms with E-state index >= 15 is 0 Å². The van der Waals surface area contributed by atoms with E-state index in [1.807, 2.05) is 25.2 Å². The molecule has 92 valence electrons. The molecule has 0 saturated carbocycles. The molecule has 2 aromatic heterocycles. The van der Waals surface area contributed by atoms with Crippen LogP contribution in [0.3, 0.4) is 0 Å². The molecule has 3 nitrogen and oxygen atoms in total. The third-order valence-corrected chi connectivity index (χ3v) is 4.14. The third-order valence-electron chi connectivity index (χ3n) is 2.95. The van der Waals surface area contributed by atoms with Crippen molar-refractivity contribution >= 4 is 11.3 Å². The number of hydrogen-bond acceptors (Lipinski definition) is 4. The number of nitrogens with one attached hydrogen (secondary N) is 1. The van der Waals surface area contributed by atoms with Gasteiger partial charge in [0.25, 0.3) is 0 Å². The summed E-state index contributed by atoms with van der Waals surface area (Å²) in [5.74, 6) is 0.907. The molecule has 0 aliphatic heterocycles. The van der Waals surface area contributed by atoms with Crippen LogP contribution in [0.5, 0.6) is 0 Å². The van der Waals surface area contributed by atoms with E-state index < -0.39 is 0 Å². The molecule has 0 spiro atoms. The predicted molar refractivity (Wildman–Crippen MR) is 70.3 cm³/mol. The van der Waals surface area contributed by atoms with Gasteiger partial charge in [0.1, 0.15) is 5.76 Å². The average Bonchev–Trinajstić information content (AvgIpc) is 2.84. The first-order chi connectivity index (χ1) is 8.08. The van der Waals surface area contributed by atoms with Gasteiger partial charge in [-0.05, 0) is 39.8 Å². The summed E-state index contributed by atoms with van der Waals surface area (Å²) in [6.45, 7) is 9.06. The molecule has 0 bridgehead atoms. The molecule has 17 heavy (non-hydrogen) atoms. The highest BCUT2D eigenvalue weighted by Crippen LogP contribution is 2.23.